The minimum atomic E-state index is -0.268. The number of hydrogen-bond acceptors (Lipinski definition) is 3. The van der Waals surface area contributed by atoms with Crippen molar-refractivity contribution in [2.75, 3.05) is 32.9 Å². The van der Waals surface area contributed by atoms with E-state index in [1.807, 2.05) is 42.5 Å². The van der Waals surface area contributed by atoms with Gasteiger partial charge in [-0.2, -0.15) is 0 Å². The maximum atomic E-state index is 11.6. The van der Waals surface area contributed by atoms with Crippen molar-refractivity contribution in [1.82, 2.24) is 4.90 Å². The molecule has 1 aromatic carbocycles. The van der Waals surface area contributed by atoms with E-state index in [-0.39, 0.29) is 6.09 Å². The Morgan fingerprint density at radius 2 is 2.00 bits per heavy atom. The monoisotopic (exact) mass is 247 g/mol. The van der Waals surface area contributed by atoms with E-state index < -0.39 is 0 Å². The highest BCUT2D eigenvalue weighted by Crippen LogP contribution is 2.02. The first-order valence-electron chi connectivity index (χ1n) is 6.07. The zero-order valence-corrected chi connectivity index (χ0v) is 10.2. The summed E-state index contributed by atoms with van der Waals surface area (Å²) in [5, 5.41) is 0. The molecule has 1 aliphatic rings. The number of carbonyl (C=O) groups excluding carboxylic acids is 1. The van der Waals surface area contributed by atoms with Gasteiger partial charge in [-0.05, 0) is 11.6 Å². The van der Waals surface area contributed by atoms with Crippen LogP contribution in [0.5, 0.6) is 0 Å². The molecule has 18 heavy (non-hydrogen) atoms. The molecule has 0 aromatic heterocycles. The highest BCUT2D eigenvalue weighted by atomic mass is 16.6. The molecule has 4 nitrogen and oxygen atoms in total. The summed E-state index contributed by atoms with van der Waals surface area (Å²) in [6.45, 7) is 2.71. The first kappa shape index (κ1) is 12.6. The number of carbonyl (C=O) groups is 1. The van der Waals surface area contributed by atoms with Gasteiger partial charge in [0.15, 0.2) is 0 Å². The van der Waals surface area contributed by atoms with Gasteiger partial charge in [0.1, 0.15) is 6.61 Å². The number of rotatable bonds is 3. The Morgan fingerprint density at radius 3 is 2.72 bits per heavy atom. The SMILES string of the molecule is O=C(OC/C=C/c1ccccc1)N1CCOCC1. The molecule has 0 bridgehead atoms. The Balaban J connectivity index is 1.71. The minimum Gasteiger partial charge on any atom is -0.445 e. The number of amides is 1. The van der Waals surface area contributed by atoms with Crippen LogP contribution < -0.4 is 0 Å². The van der Waals surface area contributed by atoms with Gasteiger partial charge in [0.05, 0.1) is 13.2 Å². The zero-order chi connectivity index (χ0) is 12.6. The molecule has 0 atom stereocenters. The average Bonchev–Trinajstić information content (AvgIpc) is 2.45. The topological polar surface area (TPSA) is 38.8 Å². The fraction of sp³-hybridized carbons (Fsp3) is 0.357. The predicted molar refractivity (Wildman–Crippen MR) is 69.2 cm³/mol. The van der Waals surface area contributed by atoms with Crippen LogP contribution in [0.2, 0.25) is 0 Å². The molecule has 2 rings (SSSR count). The molecule has 0 saturated carbocycles. The molecule has 0 aliphatic carbocycles. The summed E-state index contributed by atoms with van der Waals surface area (Å²) in [6.07, 6.45) is 3.51. The molecule has 0 N–H and O–H groups in total. The molecule has 1 fully saturated rings. The quantitative estimate of drug-likeness (QED) is 0.821. The van der Waals surface area contributed by atoms with E-state index in [2.05, 4.69) is 0 Å². The standard InChI is InChI=1S/C14H17NO3/c16-14(15-8-11-17-12-9-15)18-10-4-7-13-5-2-1-3-6-13/h1-7H,8-12H2/b7-4+. The van der Waals surface area contributed by atoms with Gasteiger partial charge in [-0.1, -0.05) is 36.4 Å². The number of ether oxygens (including phenoxy) is 2. The summed E-state index contributed by atoms with van der Waals surface area (Å²) in [5.41, 5.74) is 1.10. The largest absolute Gasteiger partial charge is 0.445 e. The van der Waals surface area contributed by atoms with Crippen molar-refractivity contribution in [3.63, 3.8) is 0 Å². The second kappa shape index (κ2) is 6.81. The van der Waals surface area contributed by atoms with E-state index in [1.54, 1.807) is 4.90 Å². The van der Waals surface area contributed by atoms with Crippen molar-refractivity contribution in [2.45, 2.75) is 0 Å². The third kappa shape index (κ3) is 3.89. The lowest BCUT2D eigenvalue weighted by molar-refractivity contribution is 0.0302. The molecule has 1 saturated heterocycles. The second-order valence-electron chi connectivity index (χ2n) is 3.99. The fourth-order valence-corrected chi connectivity index (χ4v) is 1.70. The van der Waals surface area contributed by atoms with Gasteiger partial charge in [-0.25, -0.2) is 4.79 Å². The third-order valence-electron chi connectivity index (χ3n) is 2.68. The first-order valence-corrected chi connectivity index (χ1v) is 6.07. The van der Waals surface area contributed by atoms with E-state index in [0.29, 0.717) is 32.9 Å². The molecule has 96 valence electrons. The number of morpholine rings is 1. The zero-order valence-electron chi connectivity index (χ0n) is 10.2. The van der Waals surface area contributed by atoms with Gasteiger partial charge in [0, 0.05) is 13.1 Å². The van der Waals surface area contributed by atoms with Crippen LogP contribution in [-0.4, -0.2) is 43.9 Å². The summed E-state index contributed by atoms with van der Waals surface area (Å²) < 4.78 is 10.3. The Bertz CT molecular complexity index is 397. The van der Waals surface area contributed by atoms with Crippen LogP contribution in [0.4, 0.5) is 4.79 Å². The van der Waals surface area contributed by atoms with Crippen molar-refractivity contribution >= 4 is 12.2 Å². The van der Waals surface area contributed by atoms with Crippen LogP contribution in [0.3, 0.4) is 0 Å². The highest BCUT2D eigenvalue weighted by Gasteiger charge is 2.17. The summed E-state index contributed by atoms with van der Waals surface area (Å²) in [5.74, 6) is 0. The Labute approximate surface area is 107 Å². The van der Waals surface area contributed by atoms with Crippen molar-refractivity contribution in [1.29, 1.82) is 0 Å². The van der Waals surface area contributed by atoms with Gasteiger partial charge in [0.25, 0.3) is 0 Å². The summed E-state index contributed by atoms with van der Waals surface area (Å²) >= 11 is 0. The van der Waals surface area contributed by atoms with Crippen molar-refractivity contribution in [2.24, 2.45) is 0 Å². The van der Waals surface area contributed by atoms with Crippen LogP contribution in [0.25, 0.3) is 6.08 Å². The number of hydrogen-bond donors (Lipinski definition) is 0. The van der Waals surface area contributed by atoms with Crippen LogP contribution >= 0.6 is 0 Å². The fourth-order valence-electron chi connectivity index (χ4n) is 1.70. The molecule has 1 aromatic rings. The average molecular weight is 247 g/mol. The van der Waals surface area contributed by atoms with Crippen LogP contribution in [0.15, 0.2) is 36.4 Å². The second-order valence-corrected chi connectivity index (χ2v) is 3.99. The van der Waals surface area contributed by atoms with Gasteiger partial charge < -0.3 is 14.4 Å². The van der Waals surface area contributed by atoms with Gasteiger partial charge in [-0.15, -0.1) is 0 Å². The lowest BCUT2D eigenvalue weighted by atomic mass is 10.2. The molecule has 1 aliphatic heterocycles. The van der Waals surface area contributed by atoms with E-state index in [9.17, 15) is 4.79 Å². The van der Waals surface area contributed by atoms with Crippen molar-refractivity contribution in [3.8, 4) is 0 Å². The Morgan fingerprint density at radius 1 is 1.28 bits per heavy atom. The molecular weight excluding hydrogens is 230 g/mol. The van der Waals surface area contributed by atoms with Crippen LogP contribution in [0.1, 0.15) is 5.56 Å². The maximum absolute atomic E-state index is 11.6. The van der Waals surface area contributed by atoms with Crippen molar-refractivity contribution < 1.29 is 14.3 Å². The molecule has 1 heterocycles. The number of benzene rings is 1. The van der Waals surface area contributed by atoms with E-state index in [1.165, 1.54) is 0 Å². The van der Waals surface area contributed by atoms with Crippen LogP contribution in [0, 0.1) is 0 Å². The van der Waals surface area contributed by atoms with E-state index >= 15 is 0 Å². The summed E-state index contributed by atoms with van der Waals surface area (Å²) in [6, 6.07) is 9.91. The lowest BCUT2D eigenvalue weighted by Gasteiger charge is -2.25. The molecule has 1 amide bonds. The molecule has 0 spiro atoms. The Kier molecular flexibility index (Phi) is 4.78. The first-order chi connectivity index (χ1) is 8.86. The third-order valence-corrected chi connectivity index (χ3v) is 2.68. The maximum Gasteiger partial charge on any atom is 0.410 e. The number of nitrogens with zero attached hydrogens (tertiary/aromatic N) is 1. The van der Waals surface area contributed by atoms with Gasteiger partial charge in [0.2, 0.25) is 0 Å². The normalized spacial score (nSPS) is 15.9. The molecular formula is C14H17NO3. The van der Waals surface area contributed by atoms with Crippen molar-refractivity contribution in [3.05, 3.63) is 42.0 Å². The minimum absolute atomic E-state index is 0.268. The lowest BCUT2D eigenvalue weighted by Crippen LogP contribution is -2.41. The summed E-state index contributed by atoms with van der Waals surface area (Å²) in [7, 11) is 0. The highest BCUT2D eigenvalue weighted by molar-refractivity contribution is 5.68. The van der Waals surface area contributed by atoms with Crippen LogP contribution in [-0.2, 0) is 9.47 Å². The molecule has 4 heteroatoms. The molecule has 0 radical (unpaired) electrons. The van der Waals surface area contributed by atoms with Gasteiger partial charge in [-0.3, -0.25) is 0 Å². The van der Waals surface area contributed by atoms with Gasteiger partial charge >= 0.3 is 6.09 Å². The smallest absolute Gasteiger partial charge is 0.410 e. The Hall–Kier alpha value is -1.81. The molecule has 0 unspecified atom stereocenters. The predicted octanol–water partition coefficient (Wildman–Crippen LogP) is 2.17. The van der Waals surface area contributed by atoms with E-state index in [4.69, 9.17) is 9.47 Å². The van der Waals surface area contributed by atoms with E-state index in [0.717, 1.165) is 5.56 Å². The summed E-state index contributed by atoms with van der Waals surface area (Å²) in [4.78, 5) is 13.3.